The lowest BCUT2D eigenvalue weighted by Gasteiger charge is -2.19. The molecule has 0 bridgehead atoms. The second kappa shape index (κ2) is 6.87. The number of hydrogen-bond acceptors (Lipinski definition) is 4. The largest absolute Gasteiger partial charge is 0.496 e. The van der Waals surface area contributed by atoms with Gasteiger partial charge in [-0.15, -0.1) is 0 Å². The highest BCUT2D eigenvalue weighted by atomic mass is 79.9. The maximum atomic E-state index is 11.7. The minimum Gasteiger partial charge on any atom is -0.496 e. The number of carbonyl (C=O) groups is 1. The van der Waals surface area contributed by atoms with E-state index in [0.717, 1.165) is 22.2 Å². The fourth-order valence-corrected chi connectivity index (χ4v) is 2.57. The standard InChI is InChI=1S/C16H23BrN2O3/c1-16(2,3)22-15(20)19-13-8-12(13)18-9-10-7-11(17)5-6-14(10)21-4/h5-7,12-13,18H,8-9H2,1-4H3,(H,19,20). The molecule has 0 aliphatic heterocycles. The first-order chi connectivity index (χ1) is 10.3. The maximum absolute atomic E-state index is 11.7. The number of ether oxygens (including phenoxy) is 2. The summed E-state index contributed by atoms with van der Waals surface area (Å²) < 4.78 is 11.6. The Balaban J connectivity index is 1.78. The number of rotatable bonds is 5. The maximum Gasteiger partial charge on any atom is 0.407 e. The van der Waals surface area contributed by atoms with Crippen LogP contribution in [0, 0.1) is 0 Å². The lowest BCUT2D eigenvalue weighted by Crippen LogP contribution is -2.36. The van der Waals surface area contributed by atoms with E-state index in [1.807, 2.05) is 39.0 Å². The molecule has 6 heteroatoms. The van der Waals surface area contributed by atoms with Crippen molar-refractivity contribution in [1.29, 1.82) is 0 Å². The molecule has 2 rings (SSSR count). The van der Waals surface area contributed by atoms with Crippen molar-refractivity contribution >= 4 is 22.0 Å². The predicted octanol–water partition coefficient (Wildman–Crippen LogP) is 3.21. The zero-order valence-corrected chi connectivity index (χ0v) is 15.0. The Morgan fingerprint density at radius 2 is 2.09 bits per heavy atom. The molecule has 1 aliphatic rings. The van der Waals surface area contributed by atoms with E-state index in [1.165, 1.54) is 0 Å². The summed E-state index contributed by atoms with van der Waals surface area (Å²) in [6, 6.07) is 6.32. The van der Waals surface area contributed by atoms with Crippen molar-refractivity contribution in [3.8, 4) is 5.75 Å². The summed E-state index contributed by atoms with van der Waals surface area (Å²) in [5, 5.41) is 6.29. The molecule has 1 aromatic carbocycles. The van der Waals surface area contributed by atoms with Gasteiger partial charge in [0.1, 0.15) is 11.4 Å². The summed E-state index contributed by atoms with van der Waals surface area (Å²) in [5.41, 5.74) is 0.616. The molecule has 1 fully saturated rings. The number of benzene rings is 1. The van der Waals surface area contributed by atoms with Gasteiger partial charge in [-0.25, -0.2) is 4.79 Å². The summed E-state index contributed by atoms with van der Waals surface area (Å²) in [6.45, 7) is 6.26. The van der Waals surface area contributed by atoms with Gasteiger partial charge in [-0.3, -0.25) is 0 Å². The first-order valence-corrected chi connectivity index (χ1v) is 8.13. The van der Waals surface area contributed by atoms with Crippen molar-refractivity contribution in [3.05, 3.63) is 28.2 Å². The van der Waals surface area contributed by atoms with E-state index in [9.17, 15) is 4.79 Å². The fourth-order valence-electron chi connectivity index (χ4n) is 2.17. The van der Waals surface area contributed by atoms with Crippen LogP contribution in [0.5, 0.6) is 5.75 Å². The van der Waals surface area contributed by atoms with Crippen LogP contribution in [-0.2, 0) is 11.3 Å². The van der Waals surface area contributed by atoms with Crippen molar-refractivity contribution < 1.29 is 14.3 Å². The van der Waals surface area contributed by atoms with Gasteiger partial charge in [-0.05, 0) is 45.4 Å². The Morgan fingerprint density at radius 1 is 1.36 bits per heavy atom. The molecular weight excluding hydrogens is 348 g/mol. The molecule has 1 aliphatic carbocycles. The van der Waals surface area contributed by atoms with Crippen LogP contribution < -0.4 is 15.4 Å². The number of halogens is 1. The molecular formula is C16H23BrN2O3. The highest BCUT2D eigenvalue weighted by Crippen LogP contribution is 2.26. The number of amides is 1. The van der Waals surface area contributed by atoms with E-state index in [4.69, 9.17) is 9.47 Å². The molecule has 2 N–H and O–H groups in total. The molecule has 5 nitrogen and oxygen atoms in total. The van der Waals surface area contributed by atoms with E-state index >= 15 is 0 Å². The van der Waals surface area contributed by atoms with Crippen LogP contribution in [0.1, 0.15) is 32.8 Å². The third-order valence-electron chi connectivity index (χ3n) is 3.29. The second-order valence-electron chi connectivity index (χ2n) is 6.43. The topological polar surface area (TPSA) is 59.6 Å². The zero-order valence-electron chi connectivity index (χ0n) is 13.4. The van der Waals surface area contributed by atoms with E-state index in [2.05, 4.69) is 26.6 Å². The van der Waals surface area contributed by atoms with E-state index in [-0.39, 0.29) is 18.2 Å². The quantitative estimate of drug-likeness (QED) is 0.835. The second-order valence-corrected chi connectivity index (χ2v) is 7.35. The normalized spacial score (nSPS) is 20.4. The van der Waals surface area contributed by atoms with E-state index < -0.39 is 5.60 Å². The van der Waals surface area contributed by atoms with Gasteiger partial charge in [0.2, 0.25) is 0 Å². The Hall–Kier alpha value is -1.27. The Labute approximate surface area is 139 Å². The highest BCUT2D eigenvalue weighted by Gasteiger charge is 2.38. The summed E-state index contributed by atoms with van der Waals surface area (Å²) in [6.07, 6.45) is 0.553. The first kappa shape index (κ1) is 17.1. The van der Waals surface area contributed by atoms with Crippen LogP contribution in [0.3, 0.4) is 0 Å². The molecule has 2 atom stereocenters. The van der Waals surface area contributed by atoms with Gasteiger partial charge in [-0.2, -0.15) is 0 Å². The fraction of sp³-hybridized carbons (Fsp3) is 0.562. The van der Waals surface area contributed by atoms with Crippen molar-refractivity contribution in [1.82, 2.24) is 10.6 Å². The number of methoxy groups -OCH3 is 1. The van der Waals surface area contributed by atoms with Gasteiger partial charge in [0.15, 0.2) is 0 Å². The van der Waals surface area contributed by atoms with Gasteiger partial charge < -0.3 is 20.1 Å². The van der Waals surface area contributed by atoms with Gasteiger partial charge in [0.05, 0.1) is 7.11 Å². The van der Waals surface area contributed by atoms with E-state index in [0.29, 0.717) is 6.54 Å². The van der Waals surface area contributed by atoms with Gasteiger partial charge in [-0.1, -0.05) is 15.9 Å². The van der Waals surface area contributed by atoms with Crippen LogP contribution >= 0.6 is 15.9 Å². The third kappa shape index (κ3) is 5.18. The summed E-state index contributed by atoms with van der Waals surface area (Å²) in [4.78, 5) is 11.7. The average Bonchev–Trinajstić information content (AvgIpc) is 3.12. The minimum absolute atomic E-state index is 0.132. The molecule has 0 aromatic heterocycles. The summed E-state index contributed by atoms with van der Waals surface area (Å²) in [5.74, 6) is 0.855. The Morgan fingerprint density at radius 3 is 2.73 bits per heavy atom. The molecule has 0 spiro atoms. The van der Waals surface area contributed by atoms with Gasteiger partial charge in [0, 0.05) is 28.7 Å². The summed E-state index contributed by atoms with van der Waals surface area (Å²) >= 11 is 3.46. The lowest BCUT2D eigenvalue weighted by atomic mass is 10.2. The van der Waals surface area contributed by atoms with Crippen molar-refractivity contribution in [2.75, 3.05) is 7.11 Å². The molecule has 1 aromatic rings. The van der Waals surface area contributed by atoms with Crippen LogP contribution in [0.15, 0.2) is 22.7 Å². The first-order valence-electron chi connectivity index (χ1n) is 7.34. The van der Waals surface area contributed by atoms with Crippen molar-refractivity contribution in [2.24, 2.45) is 0 Å². The molecule has 22 heavy (non-hydrogen) atoms. The monoisotopic (exact) mass is 370 g/mol. The average molecular weight is 371 g/mol. The molecule has 1 amide bonds. The van der Waals surface area contributed by atoms with Crippen LogP contribution in [0.2, 0.25) is 0 Å². The smallest absolute Gasteiger partial charge is 0.407 e. The molecule has 0 radical (unpaired) electrons. The number of hydrogen-bond donors (Lipinski definition) is 2. The lowest BCUT2D eigenvalue weighted by molar-refractivity contribution is 0.0522. The SMILES string of the molecule is COc1ccc(Br)cc1CNC1CC1NC(=O)OC(C)(C)C. The van der Waals surface area contributed by atoms with Crippen LogP contribution in [0.4, 0.5) is 4.79 Å². The van der Waals surface area contributed by atoms with Gasteiger partial charge >= 0.3 is 6.09 Å². The van der Waals surface area contributed by atoms with Crippen LogP contribution in [0.25, 0.3) is 0 Å². The third-order valence-corrected chi connectivity index (χ3v) is 3.78. The molecule has 0 saturated heterocycles. The van der Waals surface area contributed by atoms with Crippen molar-refractivity contribution in [3.63, 3.8) is 0 Å². The molecule has 1 saturated carbocycles. The Kier molecular flexibility index (Phi) is 5.34. The minimum atomic E-state index is -0.467. The van der Waals surface area contributed by atoms with E-state index in [1.54, 1.807) is 7.11 Å². The molecule has 0 heterocycles. The molecule has 122 valence electrons. The zero-order chi connectivity index (χ0) is 16.3. The molecule has 2 unspecified atom stereocenters. The summed E-state index contributed by atoms with van der Waals surface area (Å²) in [7, 11) is 1.66. The number of alkyl carbamates (subject to hydrolysis) is 1. The highest BCUT2D eigenvalue weighted by molar-refractivity contribution is 9.10. The van der Waals surface area contributed by atoms with Gasteiger partial charge in [0.25, 0.3) is 0 Å². The Bertz CT molecular complexity index is 543. The number of carbonyl (C=O) groups excluding carboxylic acids is 1. The number of nitrogens with one attached hydrogen (secondary N) is 2. The van der Waals surface area contributed by atoms with Crippen LogP contribution in [-0.4, -0.2) is 30.9 Å². The predicted molar refractivity (Wildman–Crippen MR) is 89.1 cm³/mol. The van der Waals surface area contributed by atoms with Crippen molar-refractivity contribution in [2.45, 2.75) is 51.4 Å².